The number of benzene rings is 3. The van der Waals surface area contributed by atoms with Crippen molar-refractivity contribution < 1.29 is 13.6 Å². The van der Waals surface area contributed by atoms with E-state index in [1.54, 1.807) is 6.92 Å². The van der Waals surface area contributed by atoms with Crippen LogP contribution in [0.4, 0.5) is 17.2 Å². The summed E-state index contributed by atoms with van der Waals surface area (Å²) in [5.41, 5.74) is 7.88. The number of aromatic nitrogens is 1. The Balaban J connectivity index is 1.51. The number of aliphatic imine (C=N–C) groups is 1. The predicted octanol–water partition coefficient (Wildman–Crippen LogP) is 10.8. The Kier molecular flexibility index (Phi) is 6.56. The number of rotatable bonds is 4. The molecule has 2 aliphatic heterocycles. The minimum absolute atomic E-state index is 0.00420. The fraction of sp³-hybridized carbons (Fsp3) is 0.415. The summed E-state index contributed by atoms with van der Waals surface area (Å²) < 4.78 is 36.8. The standard InChI is InChI=1S/C41H49N3O2/c1-25-13-14-33-31(17-25)41(11,12)32-18-26(2)35(23-34(32)44(33)36-22-28(15-16-42-36)38(3,4)5)46-30-20-27(19-29(21-30)39(6,7)8)37-43-40(9,10)24-45-37/h13-23H,24H2,1-12H3/i9D3/t40-/m0/s1. The molecule has 0 spiro atoms. The molecule has 1 aromatic heterocycles. The Morgan fingerprint density at radius 2 is 1.54 bits per heavy atom. The largest absolute Gasteiger partial charge is 0.475 e. The van der Waals surface area contributed by atoms with Crippen LogP contribution in [0.2, 0.25) is 0 Å². The maximum Gasteiger partial charge on any atom is 0.216 e. The molecule has 5 heteroatoms. The van der Waals surface area contributed by atoms with Crippen molar-refractivity contribution in [3.05, 3.63) is 106 Å². The molecule has 0 aliphatic carbocycles. The zero-order valence-electron chi connectivity index (χ0n) is 32.2. The van der Waals surface area contributed by atoms with E-state index < -0.39 is 12.4 Å². The van der Waals surface area contributed by atoms with Gasteiger partial charge in [0, 0.05) is 27.4 Å². The maximum absolute atomic E-state index is 8.03. The molecule has 6 rings (SSSR count). The zero-order valence-corrected chi connectivity index (χ0v) is 29.2. The van der Waals surface area contributed by atoms with Crippen molar-refractivity contribution in [3.8, 4) is 11.5 Å². The number of nitrogens with zero attached hydrogens (tertiary/aromatic N) is 3. The van der Waals surface area contributed by atoms with E-state index in [1.807, 2.05) is 18.3 Å². The van der Waals surface area contributed by atoms with Crippen LogP contribution in [0.1, 0.15) is 112 Å². The average molecular weight is 619 g/mol. The van der Waals surface area contributed by atoms with E-state index in [-0.39, 0.29) is 22.9 Å². The summed E-state index contributed by atoms with van der Waals surface area (Å²) in [5.74, 6) is 2.53. The number of fused-ring (bicyclic) bond motifs is 2. The molecular weight excluding hydrogens is 566 g/mol. The molecule has 0 bridgehead atoms. The summed E-state index contributed by atoms with van der Waals surface area (Å²) in [4.78, 5) is 11.8. The fourth-order valence-electron chi connectivity index (χ4n) is 6.33. The van der Waals surface area contributed by atoms with Gasteiger partial charge in [-0.1, -0.05) is 73.1 Å². The van der Waals surface area contributed by atoms with Gasteiger partial charge in [-0.25, -0.2) is 9.98 Å². The summed E-state index contributed by atoms with van der Waals surface area (Å²) in [6.07, 6.45) is 1.90. The number of pyridine rings is 1. The minimum Gasteiger partial charge on any atom is -0.475 e. The molecule has 46 heavy (non-hydrogen) atoms. The molecule has 0 saturated carbocycles. The van der Waals surface area contributed by atoms with E-state index in [2.05, 4.69) is 128 Å². The Morgan fingerprint density at radius 3 is 2.22 bits per heavy atom. The zero-order chi connectivity index (χ0) is 35.9. The lowest BCUT2D eigenvalue weighted by atomic mass is 9.72. The molecule has 0 amide bonds. The van der Waals surface area contributed by atoms with Gasteiger partial charge in [0.1, 0.15) is 23.9 Å². The summed E-state index contributed by atoms with van der Waals surface area (Å²) in [6.45, 7) is 21.2. The van der Waals surface area contributed by atoms with Crippen LogP contribution in [0.3, 0.4) is 0 Å². The number of hydrogen-bond donors (Lipinski definition) is 0. The van der Waals surface area contributed by atoms with Crippen LogP contribution in [0.5, 0.6) is 11.5 Å². The normalized spacial score (nSPS) is 20.1. The van der Waals surface area contributed by atoms with Gasteiger partial charge in [-0.05, 0) is 109 Å². The Bertz CT molecular complexity index is 1980. The van der Waals surface area contributed by atoms with Crippen molar-refractivity contribution in [2.45, 2.75) is 105 Å². The Labute approximate surface area is 279 Å². The second-order valence-electron chi connectivity index (χ2n) is 15.8. The van der Waals surface area contributed by atoms with Crippen molar-refractivity contribution in [1.82, 2.24) is 4.98 Å². The van der Waals surface area contributed by atoms with Gasteiger partial charge in [-0.2, -0.15) is 0 Å². The van der Waals surface area contributed by atoms with Gasteiger partial charge < -0.3 is 9.47 Å². The summed E-state index contributed by atoms with van der Waals surface area (Å²) in [5, 5.41) is 0. The molecule has 0 fully saturated rings. The molecule has 0 unspecified atom stereocenters. The van der Waals surface area contributed by atoms with Crippen molar-refractivity contribution >= 4 is 23.1 Å². The lowest BCUT2D eigenvalue weighted by molar-refractivity contribution is 0.279. The monoisotopic (exact) mass is 618 g/mol. The highest BCUT2D eigenvalue weighted by Gasteiger charge is 2.38. The maximum atomic E-state index is 8.03. The van der Waals surface area contributed by atoms with Crippen LogP contribution in [0.25, 0.3) is 0 Å². The van der Waals surface area contributed by atoms with Gasteiger partial charge in [0.05, 0.1) is 16.9 Å². The fourth-order valence-corrected chi connectivity index (χ4v) is 6.33. The van der Waals surface area contributed by atoms with E-state index in [9.17, 15) is 0 Å². The van der Waals surface area contributed by atoms with Crippen LogP contribution >= 0.6 is 0 Å². The highest BCUT2D eigenvalue weighted by atomic mass is 16.5. The smallest absolute Gasteiger partial charge is 0.216 e. The van der Waals surface area contributed by atoms with Crippen LogP contribution in [-0.2, 0) is 21.0 Å². The minimum atomic E-state index is -2.28. The van der Waals surface area contributed by atoms with Crippen molar-refractivity contribution in [2.24, 2.45) is 4.99 Å². The second kappa shape index (κ2) is 10.7. The Hall–Kier alpha value is -4.12. The number of anilines is 3. The number of aryl methyl sites for hydroxylation is 2. The summed E-state index contributed by atoms with van der Waals surface area (Å²) in [6, 6.07) is 21.3. The Morgan fingerprint density at radius 1 is 0.826 bits per heavy atom. The van der Waals surface area contributed by atoms with Crippen LogP contribution in [-0.4, -0.2) is 23.0 Å². The molecule has 0 saturated heterocycles. The van der Waals surface area contributed by atoms with Gasteiger partial charge in [0.25, 0.3) is 0 Å². The van der Waals surface area contributed by atoms with E-state index in [0.717, 1.165) is 34.1 Å². The summed E-state index contributed by atoms with van der Waals surface area (Å²) >= 11 is 0. The molecular formula is C41H49N3O2. The topological polar surface area (TPSA) is 47.0 Å². The molecule has 1 atom stereocenters. The summed E-state index contributed by atoms with van der Waals surface area (Å²) in [7, 11) is 0. The molecule has 0 radical (unpaired) electrons. The SMILES string of the molecule is [2H]C([2H])([2H])[C@]1(C)COC(c2cc(Oc3cc4c(cc3C)C(C)(C)c3cc(C)ccc3N4c3cc(C(C)(C)C)ccn3)cc(C(C)(C)C)c2)=N1. The van der Waals surface area contributed by atoms with Crippen molar-refractivity contribution in [1.29, 1.82) is 0 Å². The van der Waals surface area contributed by atoms with Gasteiger partial charge >= 0.3 is 0 Å². The lowest BCUT2D eigenvalue weighted by Crippen LogP contribution is -2.31. The first-order chi connectivity index (χ1) is 22.6. The van der Waals surface area contributed by atoms with E-state index in [0.29, 0.717) is 17.2 Å². The molecule has 3 heterocycles. The first-order valence-corrected chi connectivity index (χ1v) is 16.2. The van der Waals surface area contributed by atoms with E-state index in [1.165, 1.54) is 22.3 Å². The molecule has 3 aromatic carbocycles. The van der Waals surface area contributed by atoms with E-state index >= 15 is 0 Å². The molecule has 5 nitrogen and oxygen atoms in total. The van der Waals surface area contributed by atoms with Gasteiger partial charge in [0.15, 0.2) is 0 Å². The number of ether oxygens (including phenoxy) is 2. The van der Waals surface area contributed by atoms with Gasteiger partial charge in [0.2, 0.25) is 5.90 Å². The third kappa shape index (κ3) is 5.81. The first kappa shape index (κ1) is 28.1. The van der Waals surface area contributed by atoms with Gasteiger partial charge in [-0.3, -0.25) is 4.90 Å². The third-order valence-corrected chi connectivity index (χ3v) is 9.20. The molecule has 2 aliphatic rings. The average Bonchev–Trinajstić information content (AvgIpc) is 3.41. The molecule has 240 valence electrons. The van der Waals surface area contributed by atoms with Crippen LogP contribution in [0, 0.1) is 13.8 Å². The van der Waals surface area contributed by atoms with E-state index in [4.69, 9.17) is 18.6 Å². The predicted molar refractivity (Wildman–Crippen MR) is 191 cm³/mol. The highest BCUT2D eigenvalue weighted by Crippen LogP contribution is 2.53. The molecule has 0 N–H and O–H groups in total. The van der Waals surface area contributed by atoms with Gasteiger partial charge in [-0.15, -0.1) is 0 Å². The first-order valence-electron chi connectivity index (χ1n) is 17.7. The lowest BCUT2D eigenvalue weighted by Gasteiger charge is -2.42. The van der Waals surface area contributed by atoms with Crippen LogP contribution in [0.15, 0.2) is 71.9 Å². The van der Waals surface area contributed by atoms with Crippen LogP contribution < -0.4 is 9.64 Å². The highest BCUT2D eigenvalue weighted by molar-refractivity contribution is 5.96. The third-order valence-electron chi connectivity index (χ3n) is 9.20. The second-order valence-corrected chi connectivity index (χ2v) is 15.8. The molecule has 4 aromatic rings. The number of hydrogen-bond acceptors (Lipinski definition) is 5. The van der Waals surface area contributed by atoms with Crippen molar-refractivity contribution in [3.63, 3.8) is 0 Å². The quantitative estimate of drug-likeness (QED) is 0.228. The van der Waals surface area contributed by atoms with Crippen molar-refractivity contribution in [2.75, 3.05) is 11.5 Å².